The first-order valence-electron chi connectivity index (χ1n) is 9.14. The zero-order valence-electron chi connectivity index (χ0n) is 15.2. The van der Waals surface area contributed by atoms with Crippen molar-refractivity contribution < 1.29 is 13.2 Å². The molecule has 0 atom stereocenters. The van der Waals surface area contributed by atoms with E-state index in [1.165, 1.54) is 12.1 Å². The highest BCUT2D eigenvalue weighted by molar-refractivity contribution is 7.92. The minimum atomic E-state index is -3.32. The van der Waals surface area contributed by atoms with Crippen molar-refractivity contribution in [1.29, 1.82) is 0 Å². The second-order valence-corrected chi connectivity index (χ2v) is 9.03. The van der Waals surface area contributed by atoms with Crippen molar-refractivity contribution in [3.05, 3.63) is 66.9 Å². The highest BCUT2D eigenvalue weighted by atomic mass is 32.2. The SMILES string of the molecule is O=C(Nc1ccc(-n2ccnc2)nc1)c1ccc(S(=O)(=O)C2CCCC2)cc1. The van der Waals surface area contributed by atoms with Crippen LogP contribution in [0, 0.1) is 0 Å². The number of nitrogens with zero attached hydrogens (tertiary/aromatic N) is 3. The van der Waals surface area contributed by atoms with E-state index in [4.69, 9.17) is 0 Å². The zero-order chi connectivity index (χ0) is 19.6. The van der Waals surface area contributed by atoms with Crippen LogP contribution in [0.3, 0.4) is 0 Å². The molecule has 4 rings (SSSR count). The molecule has 2 heterocycles. The van der Waals surface area contributed by atoms with Crippen molar-refractivity contribution in [1.82, 2.24) is 14.5 Å². The standard InChI is InChI=1S/C20H20N4O3S/c25-20(23-16-7-10-19(22-13-16)24-12-11-21-14-24)15-5-8-18(9-6-15)28(26,27)17-3-1-2-4-17/h5-14,17H,1-4H2,(H,23,25). The van der Waals surface area contributed by atoms with Gasteiger partial charge in [-0.2, -0.15) is 0 Å². The number of hydrogen-bond acceptors (Lipinski definition) is 5. The molecule has 28 heavy (non-hydrogen) atoms. The van der Waals surface area contributed by atoms with Crippen molar-refractivity contribution in [2.24, 2.45) is 0 Å². The average Bonchev–Trinajstić information content (AvgIpc) is 3.43. The molecule has 7 nitrogen and oxygen atoms in total. The number of carbonyl (C=O) groups excluding carboxylic acids is 1. The van der Waals surface area contributed by atoms with Crippen LogP contribution in [-0.4, -0.2) is 34.1 Å². The van der Waals surface area contributed by atoms with Gasteiger partial charge in [0.25, 0.3) is 5.91 Å². The fraction of sp³-hybridized carbons (Fsp3) is 0.250. The molecule has 0 aliphatic heterocycles. The van der Waals surface area contributed by atoms with Crippen LogP contribution in [0.15, 0.2) is 66.2 Å². The number of nitrogens with one attached hydrogen (secondary N) is 1. The van der Waals surface area contributed by atoms with Crippen molar-refractivity contribution in [3.63, 3.8) is 0 Å². The van der Waals surface area contributed by atoms with Crippen LogP contribution in [0.2, 0.25) is 0 Å². The lowest BCUT2D eigenvalue weighted by Gasteiger charge is -2.11. The average molecular weight is 396 g/mol. The Hall–Kier alpha value is -3.00. The molecule has 1 amide bonds. The number of sulfone groups is 1. The molecule has 0 bridgehead atoms. The minimum Gasteiger partial charge on any atom is -0.321 e. The summed E-state index contributed by atoms with van der Waals surface area (Å²) >= 11 is 0. The maximum atomic E-state index is 12.6. The molecular weight excluding hydrogens is 376 g/mol. The monoisotopic (exact) mass is 396 g/mol. The van der Waals surface area contributed by atoms with Gasteiger partial charge in [-0.05, 0) is 49.2 Å². The van der Waals surface area contributed by atoms with Gasteiger partial charge in [-0.1, -0.05) is 12.8 Å². The van der Waals surface area contributed by atoms with Crippen molar-refractivity contribution >= 4 is 21.4 Å². The Kier molecular flexibility index (Phi) is 4.95. The normalized spacial score (nSPS) is 14.9. The third-order valence-corrected chi connectivity index (χ3v) is 7.24. The third kappa shape index (κ3) is 3.68. The zero-order valence-corrected chi connectivity index (χ0v) is 16.0. The van der Waals surface area contributed by atoms with E-state index in [-0.39, 0.29) is 16.1 Å². The number of carbonyl (C=O) groups is 1. The van der Waals surface area contributed by atoms with Gasteiger partial charge < -0.3 is 5.32 Å². The Bertz CT molecular complexity index is 1050. The van der Waals surface area contributed by atoms with Gasteiger partial charge in [0.05, 0.1) is 22.0 Å². The summed E-state index contributed by atoms with van der Waals surface area (Å²) in [5.41, 5.74) is 0.945. The van der Waals surface area contributed by atoms with Gasteiger partial charge in [-0.25, -0.2) is 18.4 Å². The van der Waals surface area contributed by atoms with E-state index in [0.29, 0.717) is 29.9 Å². The number of pyridine rings is 1. The number of benzene rings is 1. The lowest BCUT2D eigenvalue weighted by atomic mass is 10.2. The van der Waals surface area contributed by atoms with Crippen LogP contribution >= 0.6 is 0 Å². The maximum absolute atomic E-state index is 12.6. The van der Waals surface area contributed by atoms with Crippen LogP contribution in [0.5, 0.6) is 0 Å². The van der Waals surface area contributed by atoms with Gasteiger partial charge >= 0.3 is 0 Å². The van der Waals surface area contributed by atoms with Crippen LogP contribution in [-0.2, 0) is 9.84 Å². The first-order valence-corrected chi connectivity index (χ1v) is 10.7. The molecule has 1 aliphatic carbocycles. The predicted molar refractivity (Wildman–Crippen MR) is 105 cm³/mol. The van der Waals surface area contributed by atoms with Gasteiger partial charge in [0.15, 0.2) is 9.84 Å². The summed E-state index contributed by atoms with van der Waals surface area (Å²) < 4.78 is 27.0. The van der Waals surface area contributed by atoms with Gasteiger partial charge in [0, 0.05) is 18.0 Å². The molecule has 0 spiro atoms. The highest BCUT2D eigenvalue weighted by Gasteiger charge is 2.30. The Morgan fingerprint density at radius 1 is 1.07 bits per heavy atom. The Balaban J connectivity index is 1.45. The first-order chi connectivity index (χ1) is 13.5. The lowest BCUT2D eigenvalue weighted by Crippen LogP contribution is -2.18. The van der Waals surface area contributed by atoms with Gasteiger partial charge in [0.1, 0.15) is 12.1 Å². The molecule has 1 aliphatic rings. The van der Waals surface area contributed by atoms with Crippen LogP contribution in [0.4, 0.5) is 5.69 Å². The fourth-order valence-corrected chi connectivity index (χ4v) is 5.25. The highest BCUT2D eigenvalue weighted by Crippen LogP contribution is 2.29. The fourth-order valence-electron chi connectivity index (χ4n) is 3.40. The smallest absolute Gasteiger partial charge is 0.255 e. The van der Waals surface area contributed by atoms with E-state index in [9.17, 15) is 13.2 Å². The quantitative estimate of drug-likeness (QED) is 0.714. The molecule has 1 fully saturated rings. The Morgan fingerprint density at radius 2 is 1.82 bits per heavy atom. The summed E-state index contributed by atoms with van der Waals surface area (Å²) in [5.74, 6) is 0.374. The molecule has 0 unspecified atom stereocenters. The molecule has 1 aromatic carbocycles. The van der Waals surface area contributed by atoms with Crippen LogP contribution in [0.25, 0.3) is 5.82 Å². The van der Waals surface area contributed by atoms with E-state index in [2.05, 4.69) is 15.3 Å². The van der Waals surface area contributed by atoms with E-state index in [0.717, 1.165) is 12.8 Å². The maximum Gasteiger partial charge on any atom is 0.255 e. The lowest BCUT2D eigenvalue weighted by molar-refractivity contribution is 0.102. The number of rotatable bonds is 5. The predicted octanol–water partition coefficient (Wildman–Crippen LogP) is 3.24. The summed E-state index contributed by atoms with van der Waals surface area (Å²) in [4.78, 5) is 21.0. The number of anilines is 1. The summed E-state index contributed by atoms with van der Waals surface area (Å²) in [5, 5.41) is 2.47. The van der Waals surface area contributed by atoms with Crippen molar-refractivity contribution in [2.75, 3.05) is 5.32 Å². The van der Waals surface area contributed by atoms with E-state index >= 15 is 0 Å². The molecule has 1 saturated carbocycles. The summed E-state index contributed by atoms with van der Waals surface area (Å²) in [6.07, 6.45) is 9.99. The second-order valence-electron chi connectivity index (χ2n) is 6.81. The van der Waals surface area contributed by atoms with Gasteiger partial charge in [0.2, 0.25) is 0 Å². The molecule has 1 N–H and O–H groups in total. The second kappa shape index (κ2) is 7.55. The molecule has 2 aromatic heterocycles. The molecule has 0 radical (unpaired) electrons. The number of amides is 1. The largest absolute Gasteiger partial charge is 0.321 e. The summed E-state index contributed by atoms with van der Waals surface area (Å²) in [7, 11) is -3.32. The van der Waals surface area contributed by atoms with Crippen LogP contribution < -0.4 is 5.32 Å². The van der Waals surface area contributed by atoms with Gasteiger partial charge in [-0.15, -0.1) is 0 Å². The van der Waals surface area contributed by atoms with E-state index < -0.39 is 9.84 Å². The number of hydrogen-bond donors (Lipinski definition) is 1. The molecule has 144 valence electrons. The number of imidazole rings is 1. The Labute approximate surface area is 163 Å². The van der Waals surface area contributed by atoms with Crippen molar-refractivity contribution in [3.8, 4) is 5.82 Å². The van der Waals surface area contributed by atoms with E-state index in [1.54, 1.807) is 53.8 Å². The minimum absolute atomic E-state index is 0.280. The molecule has 0 saturated heterocycles. The first kappa shape index (κ1) is 18.4. The topological polar surface area (TPSA) is 93.9 Å². The third-order valence-electron chi connectivity index (χ3n) is 4.96. The van der Waals surface area contributed by atoms with E-state index in [1.807, 2.05) is 0 Å². The summed E-state index contributed by atoms with van der Waals surface area (Å²) in [6.45, 7) is 0. The molecular formula is C20H20N4O3S. The molecule has 3 aromatic rings. The molecule has 8 heteroatoms. The van der Waals surface area contributed by atoms with Crippen molar-refractivity contribution in [2.45, 2.75) is 35.8 Å². The Morgan fingerprint density at radius 3 is 2.43 bits per heavy atom. The number of aromatic nitrogens is 3. The van der Waals surface area contributed by atoms with Crippen LogP contribution in [0.1, 0.15) is 36.0 Å². The summed E-state index contributed by atoms with van der Waals surface area (Å²) in [6, 6.07) is 9.65. The van der Waals surface area contributed by atoms with Gasteiger partial charge in [-0.3, -0.25) is 9.36 Å².